The number of sulfonamides is 1. The Morgan fingerprint density at radius 1 is 0.964 bits per heavy atom. The molecule has 1 amide bonds. The Balaban J connectivity index is 1.69. The van der Waals surface area contributed by atoms with Crippen molar-refractivity contribution in [2.24, 2.45) is 5.10 Å². The van der Waals surface area contributed by atoms with Crippen LogP contribution in [-0.4, -0.2) is 37.4 Å². The van der Waals surface area contributed by atoms with E-state index in [4.69, 9.17) is 0 Å². The van der Waals surface area contributed by atoms with E-state index in [1.54, 1.807) is 31.2 Å². The van der Waals surface area contributed by atoms with Crippen LogP contribution in [0.15, 0.2) is 58.5 Å². The molecule has 0 spiro atoms. The highest BCUT2D eigenvalue weighted by Gasteiger charge is 2.25. The number of halogens is 1. The van der Waals surface area contributed by atoms with E-state index in [9.17, 15) is 17.6 Å². The number of piperidine rings is 1. The third-order valence-electron chi connectivity index (χ3n) is 4.66. The van der Waals surface area contributed by atoms with E-state index in [1.165, 1.54) is 28.6 Å². The first-order valence-electron chi connectivity index (χ1n) is 9.09. The number of rotatable bonds is 5. The summed E-state index contributed by atoms with van der Waals surface area (Å²) in [6.45, 7) is 2.82. The number of amides is 1. The quantitative estimate of drug-likeness (QED) is 0.615. The van der Waals surface area contributed by atoms with Gasteiger partial charge in [0.25, 0.3) is 5.91 Å². The van der Waals surface area contributed by atoms with E-state index in [0.29, 0.717) is 29.9 Å². The minimum Gasteiger partial charge on any atom is -0.267 e. The second kappa shape index (κ2) is 8.62. The minimum atomic E-state index is -3.48. The highest BCUT2D eigenvalue weighted by Crippen LogP contribution is 2.21. The Morgan fingerprint density at radius 3 is 2.14 bits per heavy atom. The molecule has 1 saturated heterocycles. The molecule has 1 fully saturated rings. The number of nitrogens with one attached hydrogen (secondary N) is 1. The first-order chi connectivity index (χ1) is 13.4. The summed E-state index contributed by atoms with van der Waals surface area (Å²) in [4.78, 5) is 12.3. The van der Waals surface area contributed by atoms with Gasteiger partial charge in [-0.25, -0.2) is 18.2 Å². The van der Waals surface area contributed by atoms with E-state index in [2.05, 4.69) is 10.5 Å². The predicted molar refractivity (Wildman–Crippen MR) is 105 cm³/mol. The topological polar surface area (TPSA) is 78.8 Å². The molecule has 0 bridgehead atoms. The van der Waals surface area contributed by atoms with Crippen molar-refractivity contribution in [1.82, 2.24) is 9.73 Å². The van der Waals surface area contributed by atoms with Gasteiger partial charge in [-0.1, -0.05) is 18.6 Å². The van der Waals surface area contributed by atoms with E-state index in [-0.39, 0.29) is 4.90 Å². The molecule has 0 aromatic heterocycles. The number of hydrogen-bond donors (Lipinski definition) is 1. The average molecular weight is 403 g/mol. The molecule has 1 N–H and O–H groups in total. The minimum absolute atomic E-state index is 0.251. The molecule has 0 saturated carbocycles. The van der Waals surface area contributed by atoms with Gasteiger partial charge in [0, 0.05) is 18.7 Å². The molecule has 1 aliphatic heterocycles. The van der Waals surface area contributed by atoms with Crippen LogP contribution in [0.1, 0.15) is 42.1 Å². The van der Waals surface area contributed by atoms with Gasteiger partial charge < -0.3 is 0 Å². The molecule has 0 atom stereocenters. The lowest BCUT2D eigenvalue weighted by atomic mass is 10.1. The normalized spacial score (nSPS) is 16.0. The van der Waals surface area contributed by atoms with Gasteiger partial charge >= 0.3 is 0 Å². The number of carbonyl (C=O) groups is 1. The maximum Gasteiger partial charge on any atom is 0.271 e. The first kappa shape index (κ1) is 20.2. The van der Waals surface area contributed by atoms with Crippen LogP contribution in [0.4, 0.5) is 4.39 Å². The molecule has 0 aliphatic carbocycles. The molecule has 28 heavy (non-hydrogen) atoms. The summed E-state index contributed by atoms with van der Waals surface area (Å²) < 4.78 is 39.8. The summed E-state index contributed by atoms with van der Waals surface area (Å²) >= 11 is 0. The Hall–Kier alpha value is -2.58. The van der Waals surface area contributed by atoms with E-state index in [1.807, 2.05) is 0 Å². The van der Waals surface area contributed by atoms with Crippen molar-refractivity contribution >= 4 is 21.6 Å². The van der Waals surface area contributed by atoms with Gasteiger partial charge in [0.1, 0.15) is 5.82 Å². The van der Waals surface area contributed by atoms with Gasteiger partial charge in [-0.2, -0.15) is 9.41 Å². The Morgan fingerprint density at radius 2 is 1.54 bits per heavy atom. The molecule has 2 aromatic carbocycles. The summed E-state index contributed by atoms with van der Waals surface area (Å²) in [6.07, 6.45) is 2.83. The lowest BCUT2D eigenvalue weighted by Gasteiger charge is -2.25. The van der Waals surface area contributed by atoms with Crippen LogP contribution in [0.5, 0.6) is 0 Å². The van der Waals surface area contributed by atoms with Crippen LogP contribution in [-0.2, 0) is 10.0 Å². The van der Waals surface area contributed by atoms with Crippen LogP contribution in [0, 0.1) is 5.82 Å². The Labute approximate surface area is 164 Å². The maximum atomic E-state index is 12.9. The molecule has 1 heterocycles. The van der Waals surface area contributed by atoms with Crippen LogP contribution in [0.2, 0.25) is 0 Å². The van der Waals surface area contributed by atoms with Gasteiger partial charge in [0.15, 0.2) is 0 Å². The molecule has 1 aliphatic rings. The third-order valence-corrected chi connectivity index (χ3v) is 6.57. The summed E-state index contributed by atoms with van der Waals surface area (Å²) in [5.74, 6) is -0.875. The number of hydrazone groups is 1. The van der Waals surface area contributed by atoms with Crippen molar-refractivity contribution in [3.63, 3.8) is 0 Å². The summed E-state index contributed by atoms with van der Waals surface area (Å²) in [5.41, 5.74) is 3.92. The number of benzene rings is 2. The molecule has 148 valence electrons. The second-order valence-electron chi connectivity index (χ2n) is 6.63. The van der Waals surface area contributed by atoms with E-state index >= 15 is 0 Å². The summed E-state index contributed by atoms with van der Waals surface area (Å²) in [6, 6.07) is 11.6. The molecular formula is C20H22FN3O3S. The SMILES string of the molecule is C/C(=N/NC(=O)c1ccc(F)cc1)c1ccc(S(=O)(=O)N2CCCCC2)cc1. The Kier molecular flexibility index (Phi) is 6.21. The fourth-order valence-corrected chi connectivity index (χ4v) is 4.50. The molecule has 0 radical (unpaired) electrons. The zero-order chi connectivity index (χ0) is 20.1. The van der Waals surface area contributed by atoms with Crippen molar-refractivity contribution in [2.75, 3.05) is 13.1 Å². The largest absolute Gasteiger partial charge is 0.271 e. The highest BCUT2D eigenvalue weighted by molar-refractivity contribution is 7.89. The summed E-state index contributed by atoms with van der Waals surface area (Å²) in [5, 5.41) is 4.04. The number of carbonyl (C=O) groups excluding carboxylic acids is 1. The van der Waals surface area contributed by atoms with Gasteiger partial charge in [-0.3, -0.25) is 4.79 Å². The van der Waals surface area contributed by atoms with E-state index in [0.717, 1.165) is 19.3 Å². The van der Waals surface area contributed by atoms with Crippen LogP contribution >= 0.6 is 0 Å². The average Bonchev–Trinajstić information content (AvgIpc) is 2.73. The number of nitrogens with zero attached hydrogens (tertiary/aromatic N) is 2. The van der Waals surface area contributed by atoms with Crippen LogP contribution in [0.25, 0.3) is 0 Å². The van der Waals surface area contributed by atoms with Crippen molar-refractivity contribution in [3.05, 3.63) is 65.5 Å². The smallest absolute Gasteiger partial charge is 0.267 e. The third kappa shape index (κ3) is 4.63. The second-order valence-corrected chi connectivity index (χ2v) is 8.57. The fraction of sp³-hybridized carbons (Fsp3) is 0.300. The van der Waals surface area contributed by atoms with Gasteiger partial charge in [0.05, 0.1) is 10.6 Å². The molecular weight excluding hydrogens is 381 g/mol. The van der Waals surface area contributed by atoms with E-state index < -0.39 is 21.7 Å². The molecule has 3 rings (SSSR count). The standard InChI is InChI=1S/C20H22FN3O3S/c1-15(22-23-20(25)17-5-9-18(21)10-6-17)16-7-11-19(12-8-16)28(26,27)24-13-3-2-4-14-24/h5-12H,2-4,13-14H2,1H3,(H,23,25)/b22-15-. The van der Waals surface area contributed by atoms with Crippen LogP contribution in [0.3, 0.4) is 0 Å². The molecule has 6 nitrogen and oxygen atoms in total. The zero-order valence-electron chi connectivity index (χ0n) is 15.6. The van der Waals surface area contributed by atoms with Gasteiger partial charge in [0.2, 0.25) is 10.0 Å². The van der Waals surface area contributed by atoms with Crippen molar-refractivity contribution in [1.29, 1.82) is 0 Å². The van der Waals surface area contributed by atoms with Gasteiger partial charge in [-0.15, -0.1) is 0 Å². The highest BCUT2D eigenvalue weighted by atomic mass is 32.2. The van der Waals surface area contributed by atoms with Crippen molar-refractivity contribution in [3.8, 4) is 0 Å². The zero-order valence-corrected chi connectivity index (χ0v) is 16.4. The summed E-state index contributed by atoms with van der Waals surface area (Å²) in [7, 11) is -3.48. The lowest BCUT2D eigenvalue weighted by molar-refractivity contribution is 0.0955. The molecule has 2 aromatic rings. The van der Waals surface area contributed by atoms with Crippen molar-refractivity contribution < 1.29 is 17.6 Å². The molecule has 0 unspecified atom stereocenters. The molecule has 8 heteroatoms. The predicted octanol–water partition coefficient (Wildman–Crippen LogP) is 3.15. The lowest BCUT2D eigenvalue weighted by Crippen LogP contribution is -2.35. The first-order valence-corrected chi connectivity index (χ1v) is 10.5. The fourth-order valence-electron chi connectivity index (χ4n) is 2.99. The maximum absolute atomic E-state index is 12.9. The Bertz CT molecular complexity index is 965. The van der Waals surface area contributed by atoms with Crippen LogP contribution < -0.4 is 5.43 Å². The van der Waals surface area contributed by atoms with Gasteiger partial charge in [-0.05, 0) is 61.7 Å². The monoisotopic (exact) mass is 403 g/mol. The number of hydrogen-bond acceptors (Lipinski definition) is 4. The van der Waals surface area contributed by atoms with Crippen molar-refractivity contribution in [2.45, 2.75) is 31.1 Å².